The van der Waals surface area contributed by atoms with Crippen LogP contribution in [0.5, 0.6) is 11.5 Å². The maximum absolute atomic E-state index is 12.7. The molecule has 0 unspecified atom stereocenters. The van der Waals surface area contributed by atoms with E-state index in [0.717, 1.165) is 53.0 Å². The van der Waals surface area contributed by atoms with Gasteiger partial charge in [-0.25, -0.2) is 8.42 Å². The van der Waals surface area contributed by atoms with Crippen molar-refractivity contribution in [3.05, 3.63) is 120 Å². The van der Waals surface area contributed by atoms with Gasteiger partial charge in [0.25, 0.3) is 0 Å². The zero-order valence-corrected chi connectivity index (χ0v) is 22.9. The maximum atomic E-state index is 12.7. The second kappa shape index (κ2) is 12.3. The molecule has 39 heavy (non-hydrogen) atoms. The molecule has 202 valence electrons. The number of aromatic nitrogens is 1. The molecule has 1 N–H and O–H groups in total. The summed E-state index contributed by atoms with van der Waals surface area (Å²) < 4.78 is 40.2. The first-order valence-corrected chi connectivity index (χ1v) is 15.0. The SMILES string of the molecule is COc1ccc([C@H](Cc2ccncc2)c2ccc(NS(=O)(=O)Cc3ccccc3)cc2)cc1OC1CCCC1. The van der Waals surface area contributed by atoms with E-state index in [9.17, 15) is 8.42 Å². The first-order chi connectivity index (χ1) is 19.0. The number of benzene rings is 3. The Balaban J connectivity index is 1.41. The fraction of sp³-hybridized carbons (Fsp3) is 0.281. The lowest BCUT2D eigenvalue weighted by Gasteiger charge is -2.22. The molecule has 1 aromatic heterocycles. The van der Waals surface area contributed by atoms with E-state index >= 15 is 0 Å². The number of hydrogen-bond donors (Lipinski definition) is 1. The molecule has 5 rings (SSSR count). The number of hydrogen-bond acceptors (Lipinski definition) is 5. The van der Waals surface area contributed by atoms with E-state index in [1.54, 1.807) is 19.5 Å². The summed E-state index contributed by atoms with van der Waals surface area (Å²) in [6, 6.07) is 27.0. The Morgan fingerprint density at radius 3 is 2.23 bits per heavy atom. The molecule has 1 heterocycles. The molecule has 6 nitrogen and oxygen atoms in total. The predicted octanol–water partition coefficient (Wildman–Crippen LogP) is 6.73. The molecule has 0 amide bonds. The summed E-state index contributed by atoms with van der Waals surface area (Å²) in [4.78, 5) is 4.17. The molecule has 1 atom stereocenters. The van der Waals surface area contributed by atoms with Gasteiger partial charge in [0.15, 0.2) is 11.5 Å². The first-order valence-electron chi connectivity index (χ1n) is 13.4. The van der Waals surface area contributed by atoms with Crippen molar-refractivity contribution in [1.82, 2.24) is 4.98 Å². The van der Waals surface area contributed by atoms with Gasteiger partial charge in [-0.2, -0.15) is 0 Å². The van der Waals surface area contributed by atoms with E-state index in [2.05, 4.69) is 21.8 Å². The van der Waals surface area contributed by atoms with Gasteiger partial charge in [-0.1, -0.05) is 48.5 Å². The third-order valence-corrected chi connectivity index (χ3v) is 8.42. The molecule has 1 fully saturated rings. The molecule has 1 aliphatic carbocycles. The van der Waals surface area contributed by atoms with Gasteiger partial charge in [-0.15, -0.1) is 0 Å². The van der Waals surface area contributed by atoms with Gasteiger partial charge >= 0.3 is 0 Å². The smallest absolute Gasteiger partial charge is 0.236 e. The molecule has 0 bridgehead atoms. The van der Waals surface area contributed by atoms with Crippen molar-refractivity contribution in [3.63, 3.8) is 0 Å². The highest BCUT2D eigenvalue weighted by Gasteiger charge is 2.22. The molecule has 0 spiro atoms. The molecule has 0 aliphatic heterocycles. The highest BCUT2D eigenvalue weighted by atomic mass is 32.2. The second-order valence-corrected chi connectivity index (χ2v) is 11.7. The van der Waals surface area contributed by atoms with Gasteiger partial charge in [-0.05, 0) is 90.8 Å². The molecule has 0 radical (unpaired) electrons. The molecule has 7 heteroatoms. The molecule has 4 aromatic rings. The van der Waals surface area contributed by atoms with Crippen LogP contribution in [-0.2, 0) is 22.2 Å². The van der Waals surface area contributed by atoms with Crippen molar-refractivity contribution in [2.75, 3.05) is 11.8 Å². The number of ether oxygens (including phenoxy) is 2. The predicted molar refractivity (Wildman–Crippen MR) is 155 cm³/mol. The Morgan fingerprint density at radius 2 is 1.54 bits per heavy atom. The van der Waals surface area contributed by atoms with Crippen molar-refractivity contribution >= 4 is 15.7 Å². The maximum Gasteiger partial charge on any atom is 0.236 e. The summed E-state index contributed by atoms with van der Waals surface area (Å²) in [7, 11) is -1.86. The van der Waals surface area contributed by atoms with E-state index in [4.69, 9.17) is 9.47 Å². The minimum absolute atomic E-state index is 0.0270. The minimum Gasteiger partial charge on any atom is -0.493 e. The number of methoxy groups -OCH3 is 1. The van der Waals surface area contributed by atoms with Gasteiger partial charge in [0.05, 0.1) is 19.0 Å². The number of nitrogens with zero attached hydrogens (tertiary/aromatic N) is 1. The van der Waals surface area contributed by atoms with E-state index < -0.39 is 10.0 Å². The Hall–Kier alpha value is -3.84. The Bertz CT molecular complexity index is 1450. The van der Waals surface area contributed by atoms with E-state index in [1.807, 2.05) is 72.8 Å². The van der Waals surface area contributed by atoms with Gasteiger partial charge < -0.3 is 9.47 Å². The molecule has 0 saturated heterocycles. The Morgan fingerprint density at radius 1 is 0.846 bits per heavy atom. The van der Waals surface area contributed by atoms with Crippen LogP contribution in [0.3, 0.4) is 0 Å². The topological polar surface area (TPSA) is 77.5 Å². The average Bonchev–Trinajstić information content (AvgIpc) is 3.46. The quantitative estimate of drug-likeness (QED) is 0.227. The third-order valence-electron chi connectivity index (χ3n) is 7.16. The molecule has 1 saturated carbocycles. The van der Waals surface area contributed by atoms with Crippen LogP contribution in [0.2, 0.25) is 0 Å². The number of anilines is 1. The zero-order chi connectivity index (χ0) is 27.1. The second-order valence-electron chi connectivity index (χ2n) is 10.0. The van der Waals surface area contributed by atoms with E-state index in [1.165, 1.54) is 12.8 Å². The van der Waals surface area contributed by atoms with Crippen molar-refractivity contribution in [1.29, 1.82) is 0 Å². The third kappa shape index (κ3) is 7.18. The normalized spacial score (nSPS) is 14.6. The fourth-order valence-corrected chi connectivity index (χ4v) is 6.36. The van der Waals surface area contributed by atoms with Crippen molar-refractivity contribution in [3.8, 4) is 11.5 Å². The molecule has 3 aromatic carbocycles. The summed E-state index contributed by atoms with van der Waals surface area (Å²) in [5.74, 6) is 1.46. The zero-order valence-electron chi connectivity index (χ0n) is 22.1. The van der Waals surface area contributed by atoms with E-state index in [0.29, 0.717) is 5.69 Å². The highest BCUT2D eigenvalue weighted by Crippen LogP contribution is 2.37. The number of pyridine rings is 1. The van der Waals surface area contributed by atoms with Crippen molar-refractivity contribution < 1.29 is 17.9 Å². The molecular formula is C32H34N2O4S. The lowest BCUT2D eigenvalue weighted by atomic mass is 9.86. The van der Waals surface area contributed by atoms with Crippen molar-refractivity contribution in [2.45, 2.75) is 49.9 Å². The Kier molecular flexibility index (Phi) is 8.47. The fourth-order valence-electron chi connectivity index (χ4n) is 5.16. The largest absolute Gasteiger partial charge is 0.493 e. The van der Waals surface area contributed by atoms with Crippen LogP contribution in [0, 0.1) is 0 Å². The average molecular weight is 543 g/mol. The van der Waals surface area contributed by atoms with Crippen LogP contribution in [0.25, 0.3) is 0 Å². The highest BCUT2D eigenvalue weighted by molar-refractivity contribution is 7.91. The van der Waals surface area contributed by atoms with Crippen LogP contribution in [0.15, 0.2) is 97.3 Å². The summed E-state index contributed by atoms with van der Waals surface area (Å²) in [5, 5.41) is 0. The van der Waals surface area contributed by atoms with Crippen molar-refractivity contribution in [2.24, 2.45) is 0 Å². The first kappa shape index (κ1) is 26.8. The number of nitrogens with one attached hydrogen (secondary N) is 1. The summed E-state index contributed by atoms with van der Waals surface area (Å²) in [6.07, 6.45) is 9.11. The lowest BCUT2D eigenvalue weighted by molar-refractivity contribution is 0.200. The summed E-state index contributed by atoms with van der Waals surface area (Å²) >= 11 is 0. The lowest BCUT2D eigenvalue weighted by Crippen LogP contribution is -2.15. The molecular weight excluding hydrogens is 508 g/mol. The van der Waals surface area contributed by atoms with E-state index in [-0.39, 0.29) is 17.8 Å². The van der Waals surface area contributed by atoms with Gasteiger partial charge in [0.2, 0.25) is 10.0 Å². The number of sulfonamides is 1. The van der Waals surface area contributed by atoms with Gasteiger partial charge in [-0.3, -0.25) is 9.71 Å². The minimum atomic E-state index is -3.53. The Labute approximate surface area is 231 Å². The number of rotatable bonds is 11. The monoisotopic (exact) mass is 542 g/mol. The van der Waals surface area contributed by atoms with Gasteiger partial charge in [0, 0.05) is 24.0 Å². The molecule has 1 aliphatic rings. The van der Waals surface area contributed by atoms with Crippen LogP contribution in [0.4, 0.5) is 5.69 Å². The summed E-state index contributed by atoms with van der Waals surface area (Å²) in [5.41, 5.74) is 4.64. The van der Waals surface area contributed by atoms with Crippen LogP contribution in [-0.4, -0.2) is 26.6 Å². The van der Waals surface area contributed by atoms with Crippen LogP contribution in [0.1, 0.15) is 53.9 Å². The van der Waals surface area contributed by atoms with Crippen LogP contribution >= 0.6 is 0 Å². The van der Waals surface area contributed by atoms with Crippen LogP contribution < -0.4 is 14.2 Å². The summed E-state index contributed by atoms with van der Waals surface area (Å²) in [6.45, 7) is 0. The van der Waals surface area contributed by atoms with Gasteiger partial charge in [0.1, 0.15) is 0 Å². The standard InChI is InChI=1S/C32H34N2O4S/c1-37-31-16-13-27(22-32(31)38-29-9-5-6-10-29)30(21-24-17-19-33-20-18-24)26-11-14-28(15-12-26)34-39(35,36)23-25-7-3-2-4-8-25/h2-4,7-8,11-20,22,29-30,34H,5-6,9-10,21,23H2,1H3/t30-/m1/s1.